The van der Waals surface area contributed by atoms with E-state index in [4.69, 9.17) is 24.2 Å². The first kappa shape index (κ1) is 46.1. The molecule has 62 heavy (non-hydrogen) atoms. The van der Waals surface area contributed by atoms with E-state index in [1.807, 2.05) is 53.0 Å². The van der Waals surface area contributed by atoms with Crippen molar-refractivity contribution < 1.29 is 44.8 Å². The van der Waals surface area contributed by atoms with Crippen molar-refractivity contribution in [1.29, 1.82) is 0 Å². The van der Waals surface area contributed by atoms with E-state index in [1.165, 1.54) is 50.2 Å². The summed E-state index contributed by atoms with van der Waals surface area (Å²) < 4.78 is 84.9. The van der Waals surface area contributed by atoms with E-state index in [2.05, 4.69) is 16.0 Å². The second kappa shape index (κ2) is 21.6. The van der Waals surface area contributed by atoms with Crippen molar-refractivity contribution in [3.05, 3.63) is 114 Å². The normalized spacial score (nSPS) is 13.6. The predicted octanol–water partition coefficient (Wildman–Crippen LogP) is 9.57. The van der Waals surface area contributed by atoms with Crippen LogP contribution in [0.4, 0.5) is 13.2 Å². The topological polar surface area (TPSA) is 153 Å². The Kier molecular flexibility index (Phi) is 16.0. The van der Waals surface area contributed by atoms with Crippen molar-refractivity contribution in [3.63, 3.8) is 0 Å². The van der Waals surface area contributed by atoms with Gasteiger partial charge in [0.25, 0.3) is 5.91 Å². The molecular formula is C46H54F3N5O7S. The molecule has 16 heteroatoms. The molecule has 4 heterocycles. The zero-order valence-electron chi connectivity index (χ0n) is 34.9. The number of furan rings is 1. The van der Waals surface area contributed by atoms with Gasteiger partial charge in [-0.05, 0) is 73.3 Å². The monoisotopic (exact) mass is 877 g/mol. The van der Waals surface area contributed by atoms with Crippen molar-refractivity contribution in [3.8, 4) is 17.4 Å². The maximum Gasteiger partial charge on any atom is 0.422 e. The molecule has 12 nitrogen and oxygen atoms in total. The van der Waals surface area contributed by atoms with E-state index >= 15 is 0 Å². The Labute approximate surface area is 360 Å². The summed E-state index contributed by atoms with van der Waals surface area (Å²) in [5.41, 5.74) is 9.70. The number of alkyl halides is 3. The summed E-state index contributed by atoms with van der Waals surface area (Å²) in [5.74, 6) is 1.36. The van der Waals surface area contributed by atoms with Gasteiger partial charge < -0.3 is 29.1 Å². The zero-order chi connectivity index (χ0) is 44.1. The third-order valence-corrected chi connectivity index (χ3v) is 11.4. The molecule has 3 N–H and O–H groups in total. The van der Waals surface area contributed by atoms with E-state index in [-0.39, 0.29) is 11.7 Å². The molecule has 0 aliphatic carbocycles. The Morgan fingerprint density at radius 1 is 0.806 bits per heavy atom. The smallest absolute Gasteiger partial charge is 0.422 e. The lowest BCUT2D eigenvalue weighted by Crippen LogP contribution is -2.48. The number of nitrogens with two attached hydrogens (primary N) is 1. The van der Waals surface area contributed by atoms with Crippen molar-refractivity contribution >= 4 is 37.9 Å². The van der Waals surface area contributed by atoms with Gasteiger partial charge in [-0.15, -0.1) is 0 Å². The molecular weight excluding hydrogens is 824 g/mol. The van der Waals surface area contributed by atoms with E-state index < -0.39 is 28.0 Å². The third-order valence-electron chi connectivity index (χ3n) is 10.7. The molecule has 6 aromatic rings. The van der Waals surface area contributed by atoms with Crippen LogP contribution in [0.15, 0.2) is 107 Å². The molecule has 1 fully saturated rings. The number of hydrogen-bond donors (Lipinski definition) is 2. The van der Waals surface area contributed by atoms with Gasteiger partial charge in [0.2, 0.25) is 11.0 Å². The third kappa shape index (κ3) is 13.5. The van der Waals surface area contributed by atoms with E-state index in [9.17, 15) is 26.4 Å². The SMILES string of the molecule is Cn1c(C(=O)N2CCN(Cc3ccc(OCC(F)(F)F)cc3)CC2)cc2ccc(Oc3ccc(CCCCCCCCCCN)cn3)cc21.O=S(=O)(O)c1cc2ccccc2o1. The Hall–Kier alpha value is -5.42. The number of aromatic nitrogens is 2. The van der Waals surface area contributed by atoms with Gasteiger partial charge in [0.05, 0.1) is 5.52 Å². The molecule has 332 valence electrons. The highest BCUT2D eigenvalue weighted by Gasteiger charge is 2.28. The largest absolute Gasteiger partial charge is 0.484 e. The van der Waals surface area contributed by atoms with Gasteiger partial charge in [-0.3, -0.25) is 14.2 Å². The second-order valence-corrected chi connectivity index (χ2v) is 16.8. The number of aryl methyl sites for hydroxylation is 2. The minimum Gasteiger partial charge on any atom is -0.484 e. The highest BCUT2D eigenvalue weighted by molar-refractivity contribution is 7.85. The quantitative estimate of drug-likeness (QED) is 0.0631. The van der Waals surface area contributed by atoms with Gasteiger partial charge in [-0.25, -0.2) is 4.98 Å². The molecule has 0 radical (unpaired) electrons. The first-order chi connectivity index (χ1) is 29.8. The van der Waals surface area contributed by atoms with Crippen molar-refractivity contribution in [1.82, 2.24) is 19.4 Å². The van der Waals surface area contributed by atoms with Gasteiger partial charge in [0.1, 0.15) is 22.8 Å². The highest BCUT2D eigenvalue weighted by Crippen LogP contribution is 2.28. The average Bonchev–Trinajstić information content (AvgIpc) is 3.85. The predicted molar refractivity (Wildman–Crippen MR) is 232 cm³/mol. The molecule has 7 rings (SSSR count). The average molecular weight is 878 g/mol. The summed E-state index contributed by atoms with van der Waals surface area (Å²) in [4.78, 5) is 22.2. The number of nitrogens with zero attached hydrogens (tertiary/aromatic N) is 4. The summed E-state index contributed by atoms with van der Waals surface area (Å²) in [6.07, 6.45) is 8.49. The fourth-order valence-corrected chi connectivity index (χ4v) is 7.79. The molecule has 0 bridgehead atoms. The molecule has 1 aliphatic heterocycles. The van der Waals surface area contributed by atoms with Crippen LogP contribution in [0.1, 0.15) is 73.0 Å². The zero-order valence-corrected chi connectivity index (χ0v) is 35.7. The van der Waals surface area contributed by atoms with E-state index in [0.29, 0.717) is 61.0 Å². The number of benzene rings is 3. The minimum atomic E-state index is -4.37. The van der Waals surface area contributed by atoms with Crippen LogP contribution in [0.3, 0.4) is 0 Å². The number of halogens is 3. The summed E-state index contributed by atoms with van der Waals surface area (Å²) >= 11 is 0. The molecule has 0 atom stereocenters. The number of rotatable bonds is 18. The van der Waals surface area contributed by atoms with Crippen molar-refractivity contribution in [2.45, 2.75) is 75.6 Å². The van der Waals surface area contributed by atoms with E-state index in [0.717, 1.165) is 42.3 Å². The lowest BCUT2D eigenvalue weighted by molar-refractivity contribution is -0.153. The Bertz CT molecular complexity index is 2430. The van der Waals surface area contributed by atoms with Crippen LogP contribution in [0, 0.1) is 0 Å². The van der Waals surface area contributed by atoms with Gasteiger partial charge in [-0.1, -0.05) is 74.9 Å². The molecule has 3 aromatic carbocycles. The maximum atomic E-state index is 13.6. The van der Waals surface area contributed by atoms with Crippen LogP contribution in [0.25, 0.3) is 21.9 Å². The molecule has 1 aliphatic rings. The number of amides is 1. The van der Waals surface area contributed by atoms with Crippen molar-refractivity contribution in [2.24, 2.45) is 12.8 Å². The first-order valence-corrected chi connectivity index (χ1v) is 22.4. The fourth-order valence-electron chi connectivity index (χ4n) is 7.32. The molecule has 3 aromatic heterocycles. The Morgan fingerprint density at radius 2 is 1.47 bits per heavy atom. The minimum absolute atomic E-state index is 0.0215. The second-order valence-electron chi connectivity index (χ2n) is 15.5. The van der Waals surface area contributed by atoms with Crippen LogP contribution in [0.5, 0.6) is 17.4 Å². The maximum absolute atomic E-state index is 13.6. The number of unbranched alkanes of at least 4 members (excludes halogenated alkanes) is 7. The van der Waals surface area contributed by atoms with Gasteiger partial charge in [0, 0.05) is 74.9 Å². The van der Waals surface area contributed by atoms with Crippen LogP contribution >= 0.6 is 0 Å². The van der Waals surface area contributed by atoms with Crippen LogP contribution in [0.2, 0.25) is 0 Å². The molecule has 1 saturated heterocycles. The fraction of sp³-hybridized carbons (Fsp3) is 0.391. The Morgan fingerprint density at radius 3 is 2.11 bits per heavy atom. The Balaban J connectivity index is 0.000000418. The number of fused-ring (bicyclic) bond motifs is 2. The molecule has 0 unspecified atom stereocenters. The lowest BCUT2D eigenvalue weighted by Gasteiger charge is -2.34. The lowest BCUT2D eigenvalue weighted by atomic mass is 10.1. The number of carbonyl (C=O) groups excluding carboxylic acids is 1. The summed E-state index contributed by atoms with van der Waals surface area (Å²) in [7, 11) is -2.34. The van der Waals surface area contributed by atoms with Gasteiger partial charge in [0.15, 0.2) is 6.61 Å². The van der Waals surface area contributed by atoms with Gasteiger partial charge >= 0.3 is 16.3 Å². The number of pyridine rings is 1. The standard InChI is InChI=1S/C38H48F3N5O3.C8H6O4S/c1-44-34-25-33(49-36-18-13-29(26-43-36)10-8-6-4-2-3-5-7-9-19-42)17-14-31(34)24-35(44)37(47)46-22-20-45(21-23-46)27-30-11-15-32(16-12-30)48-28-38(39,40)41;9-13(10,11)8-5-6-3-1-2-4-7(6)12-8/h11-18,24-26H,2-10,19-23,27-28,42H2,1H3;1-5H,(H,9,10,11). The van der Waals surface area contributed by atoms with Crippen molar-refractivity contribution in [2.75, 3.05) is 39.3 Å². The van der Waals surface area contributed by atoms with Crippen LogP contribution < -0.4 is 15.2 Å². The molecule has 1 amide bonds. The van der Waals surface area contributed by atoms with E-state index in [1.54, 1.807) is 48.5 Å². The number of ether oxygens (including phenoxy) is 2. The highest BCUT2D eigenvalue weighted by atomic mass is 32.2. The summed E-state index contributed by atoms with van der Waals surface area (Å²) in [5, 5.41) is 1.18. The van der Waals surface area contributed by atoms with Crippen LogP contribution in [-0.2, 0) is 30.1 Å². The summed E-state index contributed by atoms with van der Waals surface area (Å²) in [6, 6.07) is 26.5. The van der Waals surface area contributed by atoms with Crippen LogP contribution in [-0.4, -0.2) is 83.7 Å². The number of piperazine rings is 1. The molecule has 0 spiro atoms. The van der Waals surface area contributed by atoms with Gasteiger partial charge in [-0.2, -0.15) is 21.6 Å². The molecule has 0 saturated carbocycles. The number of hydrogen-bond acceptors (Lipinski definition) is 9. The number of carbonyl (C=O) groups is 1. The number of para-hydroxylation sites is 1. The first-order valence-electron chi connectivity index (χ1n) is 20.9. The summed E-state index contributed by atoms with van der Waals surface area (Å²) in [6.45, 7) is 2.69.